The maximum Gasteiger partial charge on any atom is 0.308 e. The fraction of sp³-hybridized carbons (Fsp3) is 0.417. The Morgan fingerprint density at radius 2 is 2.25 bits per heavy atom. The van der Waals surface area contributed by atoms with Crippen molar-refractivity contribution in [2.75, 3.05) is 11.9 Å². The van der Waals surface area contributed by atoms with Crippen molar-refractivity contribution in [1.82, 2.24) is 0 Å². The zero-order valence-corrected chi connectivity index (χ0v) is 10.2. The Morgan fingerprint density at radius 1 is 1.56 bits per heavy atom. The predicted octanol–water partition coefficient (Wildman–Crippen LogP) is 3.17. The number of carbonyl (C=O) groups is 1. The molecule has 1 rings (SSSR count). The summed E-state index contributed by atoms with van der Waals surface area (Å²) in [5.74, 6) is -1.11. The second kappa shape index (κ2) is 5.75. The van der Waals surface area contributed by atoms with Gasteiger partial charge in [-0.05, 0) is 37.1 Å². The Balaban J connectivity index is 2.63. The van der Waals surface area contributed by atoms with Gasteiger partial charge in [-0.1, -0.05) is 18.5 Å². The SMILES string of the molecule is CCC(CNc1ccc(Cl)cc1C)C(=O)O. The summed E-state index contributed by atoms with van der Waals surface area (Å²) in [6.07, 6.45) is 0.620. The van der Waals surface area contributed by atoms with Crippen LogP contribution in [0.4, 0.5) is 5.69 Å². The van der Waals surface area contributed by atoms with Crippen LogP contribution in [0.3, 0.4) is 0 Å². The van der Waals surface area contributed by atoms with Crippen molar-refractivity contribution in [2.24, 2.45) is 5.92 Å². The van der Waals surface area contributed by atoms with Gasteiger partial charge in [0.1, 0.15) is 0 Å². The molecule has 1 unspecified atom stereocenters. The highest BCUT2D eigenvalue weighted by Gasteiger charge is 2.14. The van der Waals surface area contributed by atoms with Crippen LogP contribution in [0.5, 0.6) is 0 Å². The number of benzene rings is 1. The van der Waals surface area contributed by atoms with E-state index in [0.717, 1.165) is 11.3 Å². The number of aryl methyl sites for hydroxylation is 1. The molecule has 0 bridgehead atoms. The molecule has 0 aliphatic carbocycles. The van der Waals surface area contributed by atoms with E-state index < -0.39 is 5.97 Å². The van der Waals surface area contributed by atoms with Crippen LogP contribution in [0, 0.1) is 12.8 Å². The Kier molecular flexibility index (Phi) is 4.62. The number of carboxylic acid groups (broad SMARTS) is 1. The molecule has 1 aromatic carbocycles. The molecule has 0 fully saturated rings. The molecular formula is C12H16ClNO2. The lowest BCUT2D eigenvalue weighted by Crippen LogP contribution is -2.22. The number of halogens is 1. The van der Waals surface area contributed by atoms with Gasteiger partial charge in [-0.25, -0.2) is 0 Å². The van der Waals surface area contributed by atoms with E-state index in [1.54, 1.807) is 6.07 Å². The second-order valence-corrected chi connectivity index (χ2v) is 4.22. The summed E-state index contributed by atoms with van der Waals surface area (Å²) >= 11 is 5.84. The molecule has 88 valence electrons. The van der Waals surface area contributed by atoms with Gasteiger partial charge in [0.25, 0.3) is 0 Å². The summed E-state index contributed by atoms with van der Waals surface area (Å²) in [5.41, 5.74) is 1.96. The van der Waals surface area contributed by atoms with Crippen molar-refractivity contribution in [1.29, 1.82) is 0 Å². The Labute approximate surface area is 100 Å². The van der Waals surface area contributed by atoms with Crippen molar-refractivity contribution in [3.63, 3.8) is 0 Å². The molecule has 0 aromatic heterocycles. The van der Waals surface area contributed by atoms with Gasteiger partial charge >= 0.3 is 5.97 Å². The molecule has 0 amide bonds. The molecule has 0 saturated carbocycles. The molecule has 1 aromatic rings. The van der Waals surface area contributed by atoms with E-state index >= 15 is 0 Å². The number of hydrogen-bond acceptors (Lipinski definition) is 2. The van der Waals surface area contributed by atoms with Crippen LogP contribution in [-0.2, 0) is 4.79 Å². The topological polar surface area (TPSA) is 49.3 Å². The second-order valence-electron chi connectivity index (χ2n) is 3.78. The smallest absolute Gasteiger partial charge is 0.308 e. The van der Waals surface area contributed by atoms with Crippen LogP contribution >= 0.6 is 11.6 Å². The summed E-state index contributed by atoms with van der Waals surface area (Å²) in [6, 6.07) is 5.51. The van der Waals surface area contributed by atoms with Gasteiger partial charge in [0.15, 0.2) is 0 Å². The molecular weight excluding hydrogens is 226 g/mol. The molecule has 0 saturated heterocycles. The van der Waals surface area contributed by atoms with E-state index in [2.05, 4.69) is 5.32 Å². The van der Waals surface area contributed by atoms with Crippen LogP contribution < -0.4 is 5.32 Å². The molecule has 0 aliphatic rings. The maximum absolute atomic E-state index is 10.8. The van der Waals surface area contributed by atoms with E-state index in [4.69, 9.17) is 16.7 Å². The van der Waals surface area contributed by atoms with Crippen molar-refractivity contribution < 1.29 is 9.90 Å². The predicted molar refractivity (Wildman–Crippen MR) is 66.1 cm³/mol. The molecule has 4 heteroatoms. The number of carboxylic acids is 1. The van der Waals surface area contributed by atoms with Crippen molar-refractivity contribution in [3.05, 3.63) is 28.8 Å². The van der Waals surface area contributed by atoms with Gasteiger partial charge in [0.05, 0.1) is 5.92 Å². The van der Waals surface area contributed by atoms with E-state index in [1.165, 1.54) is 0 Å². The van der Waals surface area contributed by atoms with Crippen LogP contribution in [0.15, 0.2) is 18.2 Å². The Morgan fingerprint density at radius 3 is 2.75 bits per heavy atom. The largest absolute Gasteiger partial charge is 0.481 e. The summed E-state index contributed by atoms with van der Waals surface area (Å²) in [6.45, 7) is 4.25. The van der Waals surface area contributed by atoms with E-state index in [1.807, 2.05) is 26.0 Å². The Hall–Kier alpha value is -1.22. The summed E-state index contributed by atoms with van der Waals surface area (Å²) in [4.78, 5) is 10.8. The lowest BCUT2D eigenvalue weighted by atomic mass is 10.1. The van der Waals surface area contributed by atoms with Crippen LogP contribution in [0.1, 0.15) is 18.9 Å². The quantitative estimate of drug-likeness (QED) is 0.833. The fourth-order valence-corrected chi connectivity index (χ4v) is 1.69. The first-order chi connectivity index (χ1) is 7.54. The molecule has 1 atom stereocenters. The minimum absolute atomic E-state index is 0.352. The average molecular weight is 242 g/mol. The summed E-state index contributed by atoms with van der Waals surface area (Å²) in [7, 11) is 0. The monoisotopic (exact) mass is 241 g/mol. The van der Waals surface area contributed by atoms with Gasteiger partial charge in [-0.3, -0.25) is 4.79 Å². The van der Waals surface area contributed by atoms with E-state index in [9.17, 15) is 4.79 Å². The third-order valence-electron chi connectivity index (χ3n) is 2.57. The first-order valence-corrected chi connectivity index (χ1v) is 5.65. The normalized spacial score (nSPS) is 12.2. The number of aliphatic carboxylic acids is 1. The van der Waals surface area contributed by atoms with Crippen LogP contribution in [-0.4, -0.2) is 17.6 Å². The molecule has 16 heavy (non-hydrogen) atoms. The first kappa shape index (κ1) is 12.8. The van der Waals surface area contributed by atoms with Crippen LogP contribution in [0.2, 0.25) is 5.02 Å². The van der Waals surface area contributed by atoms with E-state index in [-0.39, 0.29) is 5.92 Å². The van der Waals surface area contributed by atoms with Crippen molar-refractivity contribution >= 4 is 23.3 Å². The van der Waals surface area contributed by atoms with Gasteiger partial charge in [0, 0.05) is 17.3 Å². The summed E-state index contributed by atoms with van der Waals surface area (Å²) in [5, 5.41) is 12.7. The van der Waals surface area contributed by atoms with Gasteiger partial charge in [0.2, 0.25) is 0 Å². The van der Waals surface area contributed by atoms with Crippen molar-refractivity contribution in [2.45, 2.75) is 20.3 Å². The van der Waals surface area contributed by atoms with Crippen molar-refractivity contribution in [3.8, 4) is 0 Å². The zero-order valence-electron chi connectivity index (χ0n) is 9.46. The number of anilines is 1. The van der Waals surface area contributed by atoms with Crippen LogP contribution in [0.25, 0.3) is 0 Å². The van der Waals surface area contributed by atoms with Gasteiger partial charge in [-0.2, -0.15) is 0 Å². The van der Waals surface area contributed by atoms with Gasteiger partial charge < -0.3 is 10.4 Å². The molecule has 0 heterocycles. The minimum Gasteiger partial charge on any atom is -0.481 e. The molecule has 0 aliphatic heterocycles. The standard InChI is InChI=1S/C12H16ClNO2/c1-3-9(12(15)16)7-14-11-5-4-10(13)6-8(11)2/h4-6,9,14H,3,7H2,1-2H3,(H,15,16). The van der Waals surface area contributed by atoms with Gasteiger partial charge in [-0.15, -0.1) is 0 Å². The minimum atomic E-state index is -0.762. The number of nitrogens with one attached hydrogen (secondary N) is 1. The molecule has 2 N–H and O–H groups in total. The lowest BCUT2D eigenvalue weighted by molar-refractivity contribution is -0.141. The number of rotatable bonds is 5. The fourth-order valence-electron chi connectivity index (χ4n) is 1.46. The first-order valence-electron chi connectivity index (χ1n) is 5.27. The maximum atomic E-state index is 10.8. The summed E-state index contributed by atoms with van der Waals surface area (Å²) < 4.78 is 0. The highest BCUT2D eigenvalue weighted by atomic mass is 35.5. The van der Waals surface area contributed by atoms with E-state index in [0.29, 0.717) is 18.0 Å². The molecule has 3 nitrogen and oxygen atoms in total. The highest BCUT2D eigenvalue weighted by Crippen LogP contribution is 2.20. The number of hydrogen-bond donors (Lipinski definition) is 2. The molecule has 0 spiro atoms. The third-order valence-corrected chi connectivity index (χ3v) is 2.80. The molecule has 0 radical (unpaired) electrons. The average Bonchev–Trinajstić information content (AvgIpc) is 2.21. The highest BCUT2D eigenvalue weighted by molar-refractivity contribution is 6.30. The Bertz CT molecular complexity index is 379. The lowest BCUT2D eigenvalue weighted by Gasteiger charge is -2.14. The third kappa shape index (κ3) is 3.42. The zero-order chi connectivity index (χ0) is 12.1.